The van der Waals surface area contributed by atoms with Crippen molar-refractivity contribution >= 4 is 5.91 Å². The summed E-state index contributed by atoms with van der Waals surface area (Å²) in [6.45, 7) is 8.06. The zero-order valence-electron chi connectivity index (χ0n) is 14.0. The first-order chi connectivity index (χ1) is 10.5. The van der Waals surface area contributed by atoms with Crippen LogP contribution in [0.3, 0.4) is 0 Å². The number of likely N-dealkylation sites (tertiary alicyclic amines) is 1. The van der Waals surface area contributed by atoms with Crippen LogP contribution in [0.5, 0.6) is 0 Å². The molecule has 0 radical (unpaired) electrons. The summed E-state index contributed by atoms with van der Waals surface area (Å²) in [4.78, 5) is 15.2. The molecule has 3 rings (SSSR count). The number of aryl methyl sites for hydroxylation is 1. The molecule has 0 aromatic carbocycles. The molecule has 2 aliphatic heterocycles. The van der Waals surface area contributed by atoms with Crippen LogP contribution >= 0.6 is 0 Å². The van der Waals surface area contributed by atoms with Crippen molar-refractivity contribution in [1.29, 1.82) is 0 Å². The molecule has 3 atom stereocenters. The molecule has 5 nitrogen and oxygen atoms in total. The standard InChI is InChI=1S/C17H28N4O/c1-4-17(2)6-5-7-21(12-17)16(22)15-10-18-9-14(15)13-8-19-20(3)11-13/h8,11,14-15,18H,4-7,9-10,12H2,1-3H3/t14-,15+,17?/m1/s1. The maximum atomic E-state index is 13.1. The zero-order valence-corrected chi connectivity index (χ0v) is 14.0. The summed E-state index contributed by atoms with van der Waals surface area (Å²) >= 11 is 0. The minimum Gasteiger partial charge on any atom is -0.342 e. The maximum absolute atomic E-state index is 13.1. The average molecular weight is 304 g/mol. The van der Waals surface area contributed by atoms with Gasteiger partial charge in [0, 0.05) is 45.3 Å². The summed E-state index contributed by atoms with van der Waals surface area (Å²) in [6, 6.07) is 0. The van der Waals surface area contributed by atoms with Crippen molar-refractivity contribution in [3.63, 3.8) is 0 Å². The minimum absolute atomic E-state index is 0.0587. The summed E-state index contributed by atoms with van der Waals surface area (Å²) in [5, 5.41) is 7.67. The van der Waals surface area contributed by atoms with Crippen LogP contribution < -0.4 is 5.32 Å². The smallest absolute Gasteiger partial charge is 0.227 e. The van der Waals surface area contributed by atoms with E-state index in [2.05, 4.69) is 29.2 Å². The van der Waals surface area contributed by atoms with Crippen LogP contribution in [-0.4, -0.2) is 46.8 Å². The Morgan fingerprint density at radius 2 is 2.32 bits per heavy atom. The van der Waals surface area contributed by atoms with E-state index in [0.717, 1.165) is 39.0 Å². The molecule has 0 bridgehead atoms. The number of nitrogens with zero attached hydrogens (tertiary/aromatic N) is 3. The van der Waals surface area contributed by atoms with Crippen LogP contribution in [0.4, 0.5) is 0 Å². The monoisotopic (exact) mass is 304 g/mol. The normalized spacial score (nSPS) is 32.4. The largest absolute Gasteiger partial charge is 0.342 e. The lowest BCUT2D eigenvalue weighted by atomic mass is 9.79. The van der Waals surface area contributed by atoms with Gasteiger partial charge in [-0.15, -0.1) is 0 Å². The number of aromatic nitrogens is 2. The van der Waals surface area contributed by atoms with Gasteiger partial charge in [-0.05, 0) is 30.2 Å². The van der Waals surface area contributed by atoms with Crippen molar-refractivity contribution in [2.45, 2.75) is 39.0 Å². The first kappa shape index (κ1) is 15.5. The molecule has 122 valence electrons. The lowest BCUT2D eigenvalue weighted by Crippen LogP contribution is -2.48. The van der Waals surface area contributed by atoms with E-state index in [1.54, 1.807) is 0 Å². The quantitative estimate of drug-likeness (QED) is 0.926. The Hall–Kier alpha value is -1.36. The van der Waals surface area contributed by atoms with E-state index < -0.39 is 0 Å². The third-order valence-electron chi connectivity index (χ3n) is 5.63. The van der Waals surface area contributed by atoms with E-state index in [4.69, 9.17) is 0 Å². The lowest BCUT2D eigenvalue weighted by molar-refractivity contribution is -0.138. The van der Waals surface area contributed by atoms with E-state index in [-0.39, 0.29) is 11.8 Å². The van der Waals surface area contributed by atoms with Gasteiger partial charge in [-0.1, -0.05) is 13.8 Å². The fraction of sp³-hybridized carbons (Fsp3) is 0.765. The molecule has 2 fully saturated rings. The molecular weight excluding hydrogens is 276 g/mol. The van der Waals surface area contributed by atoms with Gasteiger partial charge in [0.2, 0.25) is 5.91 Å². The van der Waals surface area contributed by atoms with E-state index in [0.29, 0.717) is 11.3 Å². The van der Waals surface area contributed by atoms with E-state index in [9.17, 15) is 4.79 Å². The number of hydrogen-bond acceptors (Lipinski definition) is 3. The first-order valence-corrected chi connectivity index (χ1v) is 8.50. The summed E-state index contributed by atoms with van der Waals surface area (Å²) in [7, 11) is 1.93. The highest BCUT2D eigenvalue weighted by molar-refractivity contribution is 5.80. The number of hydrogen-bond donors (Lipinski definition) is 1. The van der Waals surface area contributed by atoms with E-state index >= 15 is 0 Å². The molecule has 5 heteroatoms. The topological polar surface area (TPSA) is 50.2 Å². The average Bonchev–Trinajstić information content (AvgIpc) is 3.15. The molecule has 1 aromatic heterocycles. The Bertz CT molecular complexity index is 541. The Morgan fingerprint density at radius 1 is 1.50 bits per heavy atom. The SMILES string of the molecule is CCC1(C)CCCN(C(=O)[C@H]2CNC[C@@H]2c2cnn(C)c2)C1. The summed E-state index contributed by atoms with van der Waals surface area (Å²) in [5.41, 5.74) is 1.48. The van der Waals surface area contributed by atoms with Crippen molar-refractivity contribution in [2.24, 2.45) is 18.4 Å². The second-order valence-corrected chi connectivity index (χ2v) is 7.35. The predicted octanol–water partition coefficient (Wildman–Crippen LogP) is 1.76. The van der Waals surface area contributed by atoms with Crippen molar-refractivity contribution in [2.75, 3.05) is 26.2 Å². The number of piperidine rings is 1. The zero-order chi connectivity index (χ0) is 15.7. The van der Waals surface area contributed by atoms with Gasteiger partial charge in [-0.25, -0.2) is 0 Å². The van der Waals surface area contributed by atoms with Crippen molar-refractivity contribution in [3.8, 4) is 0 Å². The highest BCUT2D eigenvalue weighted by Gasteiger charge is 2.40. The number of carbonyl (C=O) groups excluding carboxylic acids is 1. The molecule has 1 N–H and O–H groups in total. The van der Waals surface area contributed by atoms with E-state index in [1.807, 2.05) is 24.1 Å². The van der Waals surface area contributed by atoms with Crippen LogP contribution in [0.1, 0.15) is 44.6 Å². The number of carbonyl (C=O) groups is 1. The molecule has 0 saturated carbocycles. The van der Waals surface area contributed by atoms with Gasteiger partial charge in [-0.3, -0.25) is 9.48 Å². The van der Waals surface area contributed by atoms with E-state index in [1.165, 1.54) is 12.0 Å². The molecule has 22 heavy (non-hydrogen) atoms. The minimum atomic E-state index is 0.0587. The predicted molar refractivity (Wildman–Crippen MR) is 86.5 cm³/mol. The van der Waals surface area contributed by atoms with Crippen molar-refractivity contribution in [1.82, 2.24) is 20.0 Å². The van der Waals surface area contributed by atoms with Crippen LogP contribution in [0.25, 0.3) is 0 Å². The van der Waals surface area contributed by atoms with Crippen LogP contribution in [-0.2, 0) is 11.8 Å². The highest BCUT2D eigenvalue weighted by atomic mass is 16.2. The summed E-state index contributed by atoms with van der Waals surface area (Å²) in [6.07, 6.45) is 7.47. The fourth-order valence-electron chi connectivity index (χ4n) is 3.95. The van der Waals surface area contributed by atoms with Crippen molar-refractivity contribution < 1.29 is 4.79 Å². The van der Waals surface area contributed by atoms with Crippen molar-refractivity contribution in [3.05, 3.63) is 18.0 Å². The number of nitrogens with one attached hydrogen (secondary N) is 1. The molecular formula is C17H28N4O. The third-order valence-corrected chi connectivity index (χ3v) is 5.63. The maximum Gasteiger partial charge on any atom is 0.227 e. The number of amides is 1. The van der Waals surface area contributed by atoms with Gasteiger partial charge >= 0.3 is 0 Å². The molecule has 2 aliphatic rings. The summed E-state index contributed by atoms with van der Waals surface area (Å²) in [5.74, 6) is 0.651. The van der Waals surface area contributed by atoms with Gasteiger partial charge in [0.05, 0.1) is 12.1 Å². The summed E-state index contributed by atoms with van der Waals surface area (Å²) < 4.78 is 1.82. The van der Waals surface area contributed by atoms with Crippen LogP contribution in [0.15, 0.2) is 12.4 Å². The van der Waals surface area contributed by atoms with Gasteiger partial charge in [0.15, 0.2) is 0 Å². The first-order valence-electron chi connectivity index (χ1n) is 8.50. The molecule has 3 heterocycles. The molecule has 1 unspecified atom stereocenters. The number of rotatable bonds is 3. The Labute approximate surface area is 133 Å². The molecule has 1 aromatic rings. The van der Waals surface area contributed by atoms with Gasteiger partial charge < -0.3 is 10.2 Å². The van der Waals surface area contributed by atoms with Gasteiger partial charge in [0.1, 0.15) is 0 Å². The Balaban J connectivity index is 1.73. The second kappa shape index (κ2) is 6.03. The second-order valence-electron chi connectivity index (χ2n) is 7.35. The van der Waals surface area contributed by atoms with Crippen LogP contribution in [0.2, 0.25) is 0 Å². The van der Waals surface area contributed by atoms with Gasteiger partial charge in [0.25, 0.3) is 0 Å². The highest BCUT2D eigenvalue weighted by Crippen LogP contribution is 2.35. The molecule has 1 amide bonds. The Kier molecular flexibility index (Phi) is 4.26. The molecule has 0 aliphatic carbocycles. The van der Waals surface area contributed by atoms with Crippen LogP contribution in [0, 0.1) is 11.3 Å². The molecule has 0 spiro atoms. The lowest BCUT2D eigenvalue weighted by Gasteiger charge is -2.41. The molecule has 2 saturated heterocycles. The van der Waals surface area contributed by atoms with Gasteiger partial charge in [-0.2, -0.15) is 5.10 Å². The fourth-order valence-corrected chi connectivity index (χ4v) is 3.95. The third kappa shape index (κ3) is 2.91. The Morgan fingerprint density at radius 3 is 3.00 bits per heavy atom.